The first-order valence-corrected chi connectivity index (χ1v) is 9.17. The molecule has 0 unspecified atom stereocenters. The highest BCUT2D eigenvalue weighted by molar-refractivity contribution is 7.89. The van der Waals surface area contributed by atoms with E-state index in [0.29, 0.717) is 12.4 Å². The number of primary sulfonamides is 1. The normalized spacial score (nSPS) is 10.8. The highest BCUT2D eigenvalue weighted by Gasteiger charge is 2.12. The van der Waals surface area contributed by atoms with Crippen molar-refractivity contribution in [3.05, 3.63) is 54.1 Å². The van der Waals surface area contributed by atoms with Crippen LogP contribution in [0.25, 0.3) is 0 Å². The van der Waals surface area contributed by atoms with Crippen LogP contribution < -0.4 is 15.2 Å². The van der Waals surface area contributed by atoms with Crippen LogP contribution in [0.15, 0.2) is 53.4 Å². The number of esters is 1. The largest absolute Gasteiger partial charge is 0.494 e. The molecule has 26 heavy (non-hydrogen) atoms. The highest BCUT2D eigenvalue weighted by atomic mass is 32.2. The van der Waals surface area contributed by atoms with E-state index >= 15 is 0 Å². The Bertz CT molecular complexity index is 894. The molecule has 0 heterocycles. The van der Waals surface area contributed by atoms with Crippen molar-refractivity contribution < 1.29 is 27.5 Å². The van der Waals surface area contributed by atoms with E-state index in [1.807, 2.05) is 6.92 Å². The smallest absolute Gasteiger partial charge is 0.338 e. The highest BCUT2D eigenvalue weighted by Crippen LogP contribution is 2.15. The summed E-state index contributed by atoms with van der Waals surface area (Å²) in [6.45, 7) is 1.84. The van der Waals surface area contributed by atoms with Crippen LogP contribution in [0, 0.1) is 0 Å². The Labute approximate surface area is 151 Å². The van der Waals surface area contributed by atoms with E-state index in [9.17, 15) is 18.0 Å². The van der Waals surface area contributed by atoms with Gasteiger partial charge in [-0.05, 0) is 49.4 Å². The molecule has 0 aliphatic heterocycles. The Morgan fingerprint density at radius 1 is 1.12 bits per heavy atom. The number of nitrogens with two attached hydrogens (primary N) is 1. The van der Waals surface area contributed by atoms with Gasteiger partial charge in [0.15, 0.2) is 6.61 Å². The summed E-state index contributed by atoms with van der Waals surface area (Å²) in [4.78, 5) is 23.6. The van der Waals surface area contributed by atoms with Gasteiger partial charge in [0.2, 0.25) is 10.0 Å². The molecule has 0 aromatic heterocycles. The molecule has 0 radical (unpaired) electrons. The van der Waals surface area contributed by atoms with E-state index in [-0.39, 0.29) is 16.1 Å². The fourth-order valence-corrected chi connectivity index (χ4v) is 2.58. The van der Waals surface area contributed by atoms with Crippen LogP contribution in [0.5, 0.6) is 5.75 Å². The molecule has 0 saturated carbocycles. The van der Waals surface area contributed by atoms with Crippen LogP contribution >= 0.6 is 0 Å². The molecule has 1 amide bonds. The van der Waals surface area contributed by atoms with Gasteiger partial charge in [-0.25, -0.2) is 18.4 Å². The Morgan fingerprint density at radius 3 is 2.42 bits per heavy atom. The summed E-state index contributed by atoms with van der Waals surface area (Å²) < 4.78 is 32.8. The van der Waals surface area contributed by atoms with E-state index in [4.69, 9.17) is 14.6 Å². The number of carbonyl (C=O) groups excluding carboxylic acids is 2. The number of rotatable bonds is 7. The van der Waals surface area contributed by atoms with Crippen molar-refractivity contribution in [3.8, 4) is 5.75 Å². The number of ether oxygens (including phenoxy) is 2. The Hall–Kier alpha value is -2.91. The Balaban J connectivity index is 1.91. The molecule has 8 nitrogen and oxygen atoms in total. The van der Waals surface area contributed by atoms with Gasteiger partial charge in [-0.15, -0.1) is 0 Å². The van der Waals surface area contributed by atoms with E-state index in [1.54, 1.807) is 12.1 Å². The average molecular weight is 378 g/mol. The second-order valence-electron chi connectivity index (χ2n) is 5.15. The Morgan fingerprint density at radius 2 is 1.81 bits per heavy atom. The number of hydrogen-bond donors (Lipinski definition) is 2. The summed E-state index contributed by atoms with van der Waals surface area (Å²) in [5, 5.41) is 7.46. The third-order valence-corrected chi connectivity index (χ3v) is 4.09. The van der Waals surface area contributed by atoms with Crippen LogP contribution in [0.1, 0.15) is 17.3 Å². The topological polar surface area (TPSA) is 125 Å². The second kappa shape index (κ2) is 8.45. The number of hydrogen-bond acceptors (Lipinski definition) is 6. The van der Waals surface area contributed by atoms with Crippen molar-refractivity contribution in [2.75, 3.05) is 18.5 Å². The number of anilines is 1. The summed E-state index contributed by atoms with van der Waals surface area (Å²) >= 11 is 0. The van der Waals surface area contributed by atoms with Crippen LogP contribution in [0.4, 0.5) is 5.69 Å². The zero-order chi connectivity index (χ0) is 19.2. The SMILES string of the molecule is CCOc1ccc(C(=O)OCC(=O)Nc2cccc(S(N)(=O)=O)c2)cc1. The second-order valence-corrected chi connectivity index (χ2v) is 6.72. The van der Waals surface area contributed by atoms with Crippen LogP contribution in [-0.2, 0) is 19.6 Å². The number of carbonyl (C=O) groups is 2. The molecule has 0 saturated heterocycles. The maximum atomic E-state index is 11.9. The molecular formula is C17H18N2O6S. The third-order valence-electron chi connectivity index (χ3n) is 3.18. The van der Waals surface area contributed by atoms with Gasteiger partial charge in [-0.3, -0.25) is 4.79 Å². The van der Waals surface area contributed by atoms with Crippen molar-refractivity contribution >= 4 is 27.6 Å². The fraction of sp³-hybridized carbons (Fsp3) is 0.176. The molecule has 0 aliphatic carbocycles. The molecule has 0 aliphatic rings. The minimum absolute atomic E-state index is 0.137. The molecule has 3 N–H and O–H groups in total. The lowest BCUT2D eigenvalue weighted by Crippen LogP contribution is -2.21. The zero-order valence-electron chi connectivity index (χ0n) is 14.0. The summed E-state index contributed by atoms with van der Waals surface area (Å²) in [6, 6.07) is 11.7. The predicted molar refractivity (Wildman–Crippen MR) is 94.3 cm³/mol. The van der Waals surface area contributed by atoms with Crippen LogP contribution in [0.2, 0.25) is 0 Å². The first-order chi connectivity index (χ1) is 12.3. The van der Waals surface area contributed by atoms with E-state index in [0.717, 1.165) is 0 Å². The summed E-state index contributed by atoms with van der Waals surface area (Å²) in [5.41, 5.74) is 0.496. The van der Waals surface area contributed by atoms with Gasteiger partial charge in [0.05, 0.1) is 17.1 Å². The standard InChI is InChI=1S/C17H18N2O6S/c1-2-24-14-8-6-12(7-9-14)17(21)25-11-16(20)19-13-4-3-5-15(10-13)26(18,22)23/h3-10H,2,11H2,1H3,(H,19,20)(H2,18,22,23). The summed E-state index contributed by atoms with van der Waals surface area (Å²) in [5.74, 6) is -0.658. The number of nitrogens with one attached hydrogen (secondary N) is 1. The third kappa shape index (κ3) is 5.57. The van der Waals surface area contributed by atoms with Gasteiger partial charge in [-0.1, -0.05) is 6.07 Å². The van der Waals surface area contributed by atoms with Crippen molar-refractivity contribution in [2.24, 2.45) is 5.14 Å². The predicted octanol–water partition coefficient (Wildman–Crippen LogP) is 1.53. The van der Waals surface area contributed by atoms with Crippen molar-refractivity contribution in [3.63, 3.8) is 0 Å². The lowest BCUT2D eigenvalue weighted by Gasteiger charge is -2.08. The van der Waals surface area contributed by atoms with Gasteiger partial charge >= 0.3 is 5.97 Å². The van der Waals surface area contributed by atoms with Crippen molar-refractivity contribution in [1.82, 2.24) is 0 Å². The van der Waals surface area contributed by atoms with Gasteiger partial charge < -0.3 is 14.8 Å². The first kappa shape index (κ1) is 19.4. The van der Waals surface area contributed by atoms with E-state index < -0.39 is 28.5 Å². The lowest BCUT2D eigenvalue weighted by molar-refractivity contribution is -0.119. The van der Waals surface area contributed by atoms with E-state index in [2.05, 4.69) is 5.32 Å². The number of amides is 1. The molecule has 2 aromatic rings. The molecule has 0 fully saturated rings. The minimum atomic E-state index is -3.88. The number of benzene rings is 2. The molecule has 0 atom stereocenters. The molecule has 0 spiro atoms. The van der Waals surface area contributed by atoms with Crippen molar-refractivity contribution in [2.45, 2.75) is 11.8 Å². The zero-order valence-corrected chi connectivity index (χ0v) is 14.8. The molecule has 2 rings (SSSR count). The van der Waals surface area contributed by atoms with Crippen LogP contribution in [0.3, 0.4) is 0 Å². The van der Waals surface area contributed by atoms with E-state index in [1.165, 1.54) is 36.4 Å². The van der Waals surface area contributed by atoms with Crippen LogP contribution in [-0.4, -0.2) is 33.5 Å². The van der Waals surface area contributed by atoms with Gasteiger partial charge in [0.1, 0.15) is 5.75 Å². The first-order valence-electron chi connectivity index (χ1n) is 7.62. The quantitative estimate of drug-likeness (QED) is 0.704. The summed E-state index contributed by atoms with van der Waals surface area (Å²) in [6.07, 6.45) is 0. The lowest BCUT2D eigenvalue weighted by atomic mass is 10.2. The van der Waals surface area contributed by atoms with Crippen molar-refractivity contribution in [1.29, 1.82) is 0 Å². The maximum absolute atomic E-state index is 11.9. The number of sulfonamides is 1. The molecule has 2 aromatic carbocycles. The maximum Gasteiger partial charge on any atom is 0.338 e. The monoisotopic (exact) mass is 378 g/mol. The van der Waals surface area contributed by atoms with Gasteiger partial charge in [0, 0.05) is 5.69 Å². The van der Waals surface area contributed by atoms with Gasteiger partial charge in [0.25, 0.3) is 5.91 Å². The molecular weight excluding hydrogens is 360 g/mol. The molecule has 138 valence electrons. The average Bonchev–Trinajstić information content (AvgIpc) is 2.60. The fourth-order valence-electron chi connectivity index (χ4n) is 2.02. The minimum Gasteiger partial charge on any atom is -0.494 e. The van der Waals surface area contributed by atoms with Gasteiger partial charge in [-0.2, -0.15) is 0 Å². The molecule has 0 bridgehead atoms. The Kier molecular flexibility index (Phi) is 6.31. The molecule has 9 heteroatoms. The summed E-state index contributed by atoms with van der Waals surface area (Å²) in [7, 11) is -3.88.